The lowest BCUT2D eigenvalue weighted by Gasteiger charge is -2.20. The van der Waals surface area contributed by atoms with Crippen LogP contribution in [0.5, 0.6) is 0 Å². The Hall–Kier alpha value is -0.360. The molecule has 0 aromatic heterocycles. The molecule has 0 amide bonds. The minimum Gasteiger partial charge on any atom is -0.310 e. The van der Waals surface area contributed by atoms with Crippen LogP contribution in [0.15, 0.2) is 0 Å². The fraction of sp³-hybridized carbons (Fsp3) is 0.857. The summed E-state index contributed by atoms with van der Waals surface area (Å²) in [5.74, 6) is 1.04. The van der Waals surface area contributed by atoms with Gasteiger partial charge in [-0.15, -0.1) is 0 Å². The Morgan fingerprint density at radius 2 is 2.30 bits per heavy atom. The van der Waals surface area contributed by atoms with E-state index in [1.807, 2.05) is 7.05 Å². The van der Waals surface area contributed by atoms with E-state index in [1.165, 1.54) is 0 Å². The van der Waals surface area contributed by atoms with Crippen molar-refractivity contribution in [2.45, 2.75) is 19.4 Å². The van der Waals surface area contributed by atoms with E-state index in [9.17, 15) is 0 Å². The van der Waals surface area contributed by atoms with E-state index < -0.39 is 0 Å². The molecule has 0 aromatic carbocycles. The summed E-state index contributed by atoms with van der Waals surface area (Å²) in [6.07, 6.45) is 5.23. The van der Waals surface area contributed by atoms with Crippen LogP contribution < -0.4 is 0 Å². The van der Waals surface area contributed by atoms with Crippen LogP contribution in [0.1, 0.15) is 13.3 Å². The maximum atomic E-state index is 8.53. The molecule has 0 aromatic rings. The Balaban J connectivity index is 3.71. The molecule has 0 saturated carbocycles. The molecular weight excluding hydrogens is 144 g/mol. The highest BCUT2D eigenvalue weighted by atomic mass is 32.2. The molecule has 0 N–H and O–H groups in total. The van der Waals surface area contributed by atoms with Crippen molar-refractivity contribution in [3.8, 4) is 6.19 Å². The highest BCUT2D eigenvalue weighted by Crippen LogP contribution is 2.06. The van der Waals surface area contributed by atoms with Crippen LogP contribution in [-0.4, -0.2) is 30.0 Å². The van der Waals surface area contributed by atoms with Crippen molar-refractivity contribution in [2.24, 2.45) is 0 Å². The van der Waals surface area contributed by atoms with Crippen LogP contribution in [0.4, 0.5) is 0 Å². The summed E-state index contributed by atoms with van der Waals surface area (Å²) >= 11 is 1.79. The van der Waals surface area contributed by atoms with Gasteiger partial charge in [0, 0.05) is 18.8 Å². The predicted molar refractivity (Wildman–Crippen MR) is 45.8 cm³/mol. The minimum atomic E-state index is 0.417. The Morgan fingerprint density at radius 1 is 1.70 bits per heavy atom. The lowest BCUT2D eigenvalue weighted by atomic mass is 10.2. The van der Waals surface area contributed by atoms with E-state index in [-0.39, 0.29) is 0 Å². The number of hydrogen-bond donors (Lipinski definition) is 0. The molecule has 1 atom stereocenters. The van der Waals surface area contributed by atoms with E-state index in [2.05, 4.69) is 19.4 Å². The minimum absolute atomic E-state index is 0.417. The van der Waals surface area contributed by atoms with Crippen molar-refractivity contribution >= 4 is 11.8 Å². The third-order valence-electron chi connectivity index (χ3n) is 1.54. The lowest BCUT2D eigenvalue weighted by Crippen LogP contribution is -2.28. The molecule has 0 fully saturated rings. The molecule has 10 heavy (non-hydrogen) atoms. The molecule has 0 aliphatic rings. The molecule has 1 unspecified atom stereocenters. The molecule has 0 aliphatic heterocycles. The average Bonchev–Trinajstić information content (AvgIpc) is 1.99. The zero-order valence-electron chi connectivity index (χ0n) is 6.79. The molecule has 2 nitrogen and oxygen atoms in total. The number of rotatable bonds is 4. The van der Waals surface area contributed by atoms with Crippen molar-refractivity contribution in [3.05, 3.63) is 0 Å². The van der Waals surface area contributed by atoms with Crippen LogP contribution in [0.2, 0.25) is 0 Å². The monoisotopic (exact) mass is 158 g/mol. The van der Waals surface area contributed by atoms with Gasteiger partial charge in [-0.05, 0) is 12.7 Å². The van der Waals surface area contributed by atoms with Crippen molar-refractivity contribution in [2.75, 3.05) is 19.1 Å². The van der Waals surface area contributed by atoms with Gasteiger partial charge in [0.05, 0.1) is 0 Å². The summed E-state index contributed by atoms with van der Waals surface area (Å²) in [6, 6.07) is 0.417. The zero-order chi connectivity index (χ0) is 7.98. The van der Waals surface area contributed by atoms with Crippen molar-refractivity contribution < 1.29 is 0 Å². The molecule has 0 spiro atoms. The molecule has 0 rings (SSSR count). The second-order valence-electron chi connectivity index (χ2n) is 2.23. The molecule has 3 heteroatoms. The van der Waals surface area contributed by atoms with Crippen LogP contribution in [0, 0.1) is 11.5 Å². The number of nitrogens with zero attached hydrogens (tertiary/aromatic N) is 2. The largest absolute Gasteiger partial charge is 0.310 e. The standard InChI is InChI=1S/C7H14N2S/c1-4-7(5-10-3)9(2)6-8/h7H,4-5H2,1-3H3. The van der Waals surface area contributed by atoms with Gasteiger partial charge < -0.3 is 4.90 Å². The summed E-state index contributed by atoms with van der Waals surface area (Å²) < 4.78 is 0. The second kappa shape index (κ2) is 5.43. The van der Waals surface area contributed by atoms with Crippen LogP contribution in [0.3, 0.4) is 0 Å². The maximum Gasteiger partial charge on any atom is 0.179 e. The number of nitriles is 1. The fourth-order valence-corrected chi connectivity index (χ4v) is 1.62. The smallest absolute Gasteiger partial charge is 0.179 e. The highest BCUT2D eigenvalue weighted by Gasteiger charge is 2.08. The van der Waals surface area contributed by atoms with Gasteiger partial charge in [-0.2, -0.15) is 17.0 Å². The first kappa shape index (κ1) is 9.64. The van der Waals surface area contributed by atoms with Gasteiger partial charge in [0.25, 0.3) is 0 Å². The SMILES string of the molecule is CCC(CSC)N(C)C#N. The first-order valence-electron chi connectivity index (χ1n) is 3.37. The first-order valence-corrected chi connectivity index (χ1v) is 4.77. The van der Waals surface area contributed by atoms with Gasteiger partial charge >= 0.3 is 0 Å². The van der Waals surface area contributed by atoms with Gasteiger partial charge in [0.1, 0.15) is 0 Å². The van der Waals surface area contributed by atoms with Gasteiger partial charge in [0.2, 0.25) is 0 Å². The van der Waals surface area contributed by atoms with Gasteiger partial charge in [-0.3, -0.25) is 0 Å². The average molecular weight is 158 g/mol. The molecule has 0 bridgehead atoms. The van der Waals surface area contributed by atoms with Gasteiger partial charge in [-0.1, -0.05) is 6.92 Å². The fourth-order valence-electron chi connectivity index (χ4n) is 0.778. The zero-order valence-corrected chi connectivity index (χ0v) is 7.61. The molecule has 0 heterocycles. The van der Waals surface area contributed by atoms with Gasteiger partial charge in [-0.25, -0.2) is 0 Å². The van der Waals surface area contributed by atoms with Crippen molar-refractivity contribution in [1.29, 1.82) is 5.26 Å². The highest BCUT2D eigenvalue weighted by molar-refractivity contribution is 7.98. The first-order chi connectivity index (χ1) is 4.76. The van der Waals surface area contributed by atoms with E-state index >= 15 is 0 Å². The Bertz CT molecular complexity index is 119. The third-order valence-corrected chi connectivity index (χ3v) is 2.25. The van der Waals surface area contributed by atoms with E-state index in [0.717, 1.165) is 12.2 Å². The quantitative estimate of drug-likeness (QED) is 0.459. The molecule has 0 radical (unpaired) electrons. The van der Waals surface area contributed by atoms with Gasteiger partial charge in [0.15, 0.2) is 6.19 Å². The second-order valence-corrected chi connectivity index (χ2v) is 3.14. The van der Waals surface area contributed by atoms with Crippen LogP contribution >= 0.6 is 11.8 Å². The Kier molecular flexibility index (Phi) is 5.23. The number of hydrogen-bond acceptors (Lipinski definition) is 3. The summed E-state index contributed by atoms with van der Waals surface area (Å²) in [5, 5.41) is 8.53. The molecule has 0 saturated heterocycles. The third kappa shape index (κ3) is 2.98. The van der Waals surface area contributed by atoms with Crippen molar-refractivity contribution in [1.82, 2.24) is 4.90 Å². The summed E-state index contributed by atoms with van der Waals surface area (Å²) in [6.45, 7) is 2.11. The Morgan fingerprint density at radius 3 is 2.60 bits per heavy atom. The van der Waals surface area contributed by atoms with Crippen LogP contribution in [-0.2, 0) is 0 Å². The van der Waals surface area contributed by atoms with E-state index in [4.69, 9.17) is 5.26 Å². The summed E-state index contributed by atoms with van der Waals surface area (Å²) in [4.78, 5) is 1.72. The molecule has 58 valence electrons. The van der Waals surface area contributed by atoms with Crippen molar-refractivity contribution in [3.63, 3.8) is 0 Å². The summed E-state index contributed by atoms with van der Waals surface area (Å²) in [5.41, 5.74) is 0. The normalized spacial score (nSPS) is 12.2. The summed E-state index contributed by atoms with van der Waals surface area (Å²) in [7, 11) is 1.84. The maximum absolute atomic E-state index is 8.53. The predicted octanol–water partition coefficient (Wildman–Crippen LogP) is 1.54. The molecule has 0 aliphatic carbocycles. The van der Waals surface area contributed by atoms with E-state index in [1.54, 1.807) is 16.7 Å². The van der Waals surface area contributed by atoms with Crippen LogP contribution in [0.25, 0.3) is 0 Å². The Labute approximate surface area is 67.2 Å². The molecular formula is C7H14N2S. The topological polar surface area (TPSA) is 27.0 Å². The van der Waals surface area contributed by atoms with E-state index in [0.29, 0.717) is 6.04 Å². The lowest BCUT2D eigenvalue weighted by molar-refractivity contribution is 0.363. The number of thioether (sulfide) groups is 1.